The van der Waals surface area contributed by atoms with Crippen molar-refractivity contribution in [2.24, 2.45) is 18.5 Å². The molecule has 0 aliphatic carbocycles. The molecule has 0 saturated carbocycles. The minimum atomic E-state index is -0.154. The summed E-state index contributed by atoms with van der Waals surface area (Å²) in [6.45, 7) is 0.876. The predicted octanol–water partition coefficient (Wildman–Crippen LogP) is 1.89. The van der Waals surface area contributed by atoms with Gasteiger partial charge in [0.15, 0.2) is 5.65 Å². The lowest BCUT2D eigenvalue weighted by molar-refractivity contribution is 0.644. The average molecular weight is 408 g/mol. The van der Waals surface area contributed by atoms with E-state index in [1.165, 1.54) is 22.2 Å². The van der Waals surface area contributed by atoms with Crippen molar-refractivity contribution in [2.75, 3.05) is 0 Å². The van der Waals surface area contributed by atoms with E-state index in [0.717, 1.165) is 31.9 Å². The normalized spacial score (nSPS) is 11.8. The van der Waals surface area contributed by atoms with Crippen molar-refractivity contribution < 1.29 is 0 Å². The van der Waals surface area contributed by atoms with E-state index in [1.807, 2.05) is 35.9 Å². The molecule has 4 rings (SSSR count). The van der Waals surface area contributed by atoms with E-state index < -0.39 is 0 Å². The van der Waals surface area contributed by atoms with Gasteiger partial charge in [0, 0.05) is 31.1 Å². The summed E-state index contributed by atoms with van der Waals surface area (Å²) in [5.74, 6) is 0. The van der Waals surface area contributed by atoms with Gasteiger partial charge >= 0.3 is 0 Å². The van der Waals surface area contributed by atoms with E-state index in [9.17, 15) is 4.79 Å². The van der Waals surface area contributed by atoms with Crippen LogP contribution in [-0.2, 0) is 26.6 Å². The number of hydrogen-bond acceptors (Lipinski definition) is 7. The zero-order valence-electron chi connectivity index (χ0n) is 15.9. The number of nitrogens with two attached hydrogens (primary N) is 2. The summed E-state index contributed by atoms with van der Waals surface area (Å²) in [4.78, 5) is 17.7. The van der Waals surface area contributed by atoms with Gasteiger partial charge in [-0.1, -0.05) is 24.3 Å². The van der Waals surface area contributed by atoms with Gasteiger partial charge in [-0.15, -0.1) is 11.3 Å². The number of hydrogen-bond donors (Lipinski definition) is 3. The topological polar surface area (TPSA) is 129 Å². The molecule has 1 aromatic carbocycles. The van der Waals surface area contributed by atoms with Gasteiger partial charge in [0.25, 0.3) is 5.56 Å². The van der Waals surface area contributed by atoms with Crippen LogP contribution in [0.25, 0.3) is 21.3 Å². The third kappa shape index (κ3) is 3.45. The minimum absolute atomic E-state index is 0.154. The molecule has 0 spiro atoms. The molecule has 0 atom stereocenters. The van der Waals surface area contributed by atoms with Gasteiger partial charge in [-0.3, -0.25) is 4.79 Å². The second kappa shape index (κ2) is 7.61. The maximum atomic E-state index is 13.1. The first-order chi connectivity index (χ1) is 14.0. The Morgan fingerprint density at radius 3 is 2.69 bits per heavy atom. The number of allylic oxidation sites excluding steroid dienone is 1. The summed E-state index contributed by atoms with van der Waals surface area (Å²) >= 11 is 1.48. The molecule has 0 fully saturated rings. The van der Waals surface area contributed by atoms with E-state index in [2.05, 4.69) is 10.1 Å². The van der Waals surface area contributed by atoms with Crippen LogP contribution < -0.4 is 17.0 Å². The molecule has 0 aliphatic rings. The first kappa shape index (κ1) is 19.0. The van der Waals surface area contributed by atoms with Gasteiger partial charge in [-0.25, -0.2) is 9.67 Å². The lowest BCUT2D eigenvalue weighted by atomic mass is 10.1. The standard InChI is InChI=1S/C20H21N7OS/c1-26-17-15(18-19(26)25-16(29-18)8-14(23)6-7-21)10-24-27(20(17)28)11-13-4-2-12(9-22)3-5-13/h2-7,10,23H,8-9,11,21-22H2,1H3/b7-6-,23-14?. The Kier molecular flexibility index (Phi) is 4.99. The van der Waals surface area contributed by atoms with E-state index >= 15 is 0 Å². The number of nitrogens with one attached hydrogen (secondary N) is 1. The van der Waals surface area contributed by atoms with Crippen LogP contribution in [0.1, 0.15) is 16.1 Å². The maximum Gasteiger partial charge on any atom is 0.291 e. The number of aromatic nitrogens is 4. The van der Waals surface area contributed by atoms with Gasteiger partial charge < -0.3 is 21.4 Å². The summed E-state index contributed by atoms with van der Waals surface area (Å²) in [7, 11) is 1.83. The summed E-state index contributed by atoms with van der Waals surface area (Å²) in [5.41, 5.74) is 14.6. The smallest absolute Gasteiger partial charge is 0.291 e. The van der Waals surface area contributed by atoms with Crippen LogP contribution in [0.4, 0.5) is 0 Å². The third-order valence-electron chi connectivity index (χ3n) is 4.80. The molecule has 3 aromatic heterocycles. The monoisotopic (exact) mass is 407 g/mol. The molecular formula is C20H21N7OS. The van der Waals surface area contributed by atoms with Gasteiger partial charge in [-0.2, -0.15) is 5.10 Å². The fourth-order valence-electron chi connectivity index (χ4n) is 3.31. The van der Waals surface area contributed by atoms with Crippen molar-refractivity contribution in [1.29, 1.82) is 5.41 Å². The molecule has 0 unspecified atom stereocenters. The molecule has 29 heavy (non-hydrogen) atoms. The highest BCUT2D eigenvalue weighted by Crippen LogP contribution is 2.31. The van der Waals surface area contributed by atoms with Crippen molar-refractivity contribution in [3.63, 3.8) is 0 Å². The third-order valence-corrected chi connectivity index (χ3v) is 5.88. The van der Waals surface area contributed by atoms with Crippen LogP contribution >= 0.6 is 11.3 Å². The summed E-state index contributed by atoms with van der Waals surface area (Å²) in [6, 6.07) is 7.84. The predicted molar refractivity (Wildman–Crippen MR) is 116 cm³/mol. The highest BCUT2D eigenvalue weighted by molar-refractivity contribution is 7.19. The molecule has 0 radical (unpaired) electrons. The average Bonchev–Trinajstić information content (AvgIpc) is 3.23. The minimum Gasteiger partial charge on any atom is -0.405 e. The highest BCUT2D eigenvalue weighted by atomic mass is 32.1. The van der Waals surface area contributed by atoms with Gasteiger partial charge in [0.05, 0.1) is 17.4 Å². The molecule has 4 aromatic rings. The Hall–Kier alpha value is -3.30. The second-order valence-corrected chi connectivity index (χ2v) is 7.85. The first-order valence-electron chi connectivity index (χ1n) is 9.09. The molecule has 5 N–H and O–H groups in total. The van der Waals surface area contributed by atoms with Crippen molar-refractivity contribution in [3.8, 4) is 0 Å². The van der Waals surface area contributed by atoms with E-state index in [-0.39, 0.29) is 5.56 Å². The van der Waals surface area contributed by atoms with Crippen molar-refractivity contribution in [1.82, 2.24) is 19.3 Å². The number of nitrogens with zero attached hydrogens (tertiary/aromatic N) is 4. The zero-order valence-corrected chi connectivity index (χ0v) is 16.7. The van der Waals surface area contributed by atoms with Gasteiger partial charge in [0.1, 0.15) is 10.5 Å². The van der Waals surface area contributed by atoms with Gasteiger partial charge in [-0.05, 0) is 23.4 Å². The number of fused-ring (bicyclic) bond motifs is 3. The number of aryl methyl sites for hydroxylation is 1. The van der Waals surface area contributed by atoms with E-state index in [1.54, 1.807) is 12.3 Å². The Morgan fingerprint density at radius 2 is 2.00 bits per heavy atom. The Bertz CT molecular complexity index is 1290. The van der Waals surface area contributed by atoms with Crippen molar-refractivity contribution in [3.05, 3.63) is 69.2 Å². The lowest BCUT2D eigenvalue weighted by Crippen LogP contribution is -2.24. The molecule has 0 bridgehead atoms. The Balaban J connectivity index is 1.73. The van der Waals surface area contributed by atoms with Gasteiger partial charge in [0.2, 0.25) is 0 Å². The van der Waals surface area contributed by atoms with Crippen molar-refractivity contribution >= 4 is 38.3 Å². The number of rotatable bonds is 6. The SMILES string of the molecule is Cn1c2nc(CC(=N)/C=C\N)sc2c2cnn(Cc3ccc(CN)cc3)c(=O)c21. The zero-order chi connectivity index (χ0) is 20.5. The van der Waals surface area contributed by atoms with Crippen LogP contribution in [-0.4, -0.2) is 25.0 Å². The lowest BCUT2D eigenvalue weighted by Gasteiger charge is -2.06. The second-order valence-electron chi connectivity index (χ2n) is 6.77. The highest BCUT2D eigenvalue weighted by Gasteiger charge is 2.18. The van der Waals surface area contributed by atoms with Crippen LogP contribution in [0.5, 0.6) is 0 Å². The van der Waals surface area contributed by atoms with Crippen LogP contribution in [0.2, 0.25) is 0 Å². The molecule has 0 aliphatic heterocycles. The molecule has 8 nitrogen and oxygen atoms in total. The Labute approximate surface area is 170 Å². The molecule has 3 heterocycles. The van der Waals surface area contributed by atoms with Crippen LogP contribution in [0.3, 0.4) is 0 Å². The molecule has 9 heteroatoms. The quantitative estimate of drug-likeness (QED) is 0.420. The first-order valence-corrected chi connectivity index (χ1v) is 9.91. The molecular weight excluding hydrogens is 386 g/mol. The maximum absolute atomic E-state index is 13.1. The van der Waals surface area contributed by atoms with Crippen LogP contribution in [0.15, 0.2) is 47.5 Å². The summed E-state index contributed by atoms with van der Waals surface area (Å²) in [6.07, 6.45) is 5.02. The molecule has 0 amide bonds. The van der Waals surface area contributed by atoms with E-state index in [0.29, 0.717) is 30.7 Å². The van der Waals surface area contributed by atoms with Crippen molar-refractivity contribution in [2.45, 2.75) is 19.5 Å². The number of thiazole rings is 1. The summed E-state index contributed by atoms with van der Waals surface area (Å²) < 4.78 is 4.18. The fourth-order valence-corrected chi connectivity index (χ4v) is 4.44. The van der Waals surface area contributed by atoms with Crippen LogP contribution in [0, 0.1) is 5.41 Å². The molecule has 148 valence electrons. The fraction of sp³-hybridized carbons (Fsp3) is 0.200. The number of benzene rings is 1. The largest absolute Gasteiger partial charge is 0.405 e. The summed E-state index contributed by atoms with van der Waals surface area (Å²) in [5, 5.41) is 13.9. The van der Waals surface area contributed by atoms with E-state index in [4.69, 9.17) is 16.9 Å². The Morgan fingerprint density at radius 1 is 1.28 bits per heavy atom. The molecule has 0 saturated heterocycles.